The van der Waals surface area contributed by atoms with Crippen molar-refractivity contribution >= 4 is 11.6 Å². The van der Waals surface area contributed by atoms with E-state index >= 15 is 0 Å². The number of anilines is 1. The molecule has 1 N–H and O–H groups in total. The summed E-state index contributed by atoms with van der Waals surface area (Å²) in [6.45, 7) is 0. The maximum atomic E-state index is 12.4. The van der Waals surface area contributed by atoms with E-state index in [9.17, 15) is 4.79 Å². The third-order valence-corrected chi connectivity index (χ3v) is 4.05. The predicted molar refractivity (Wildman–Crippen MR) is 101 cm³/mol. The van der Waals surface area contributed by atoms with Crippen LogP contribution in [0.1, 0.15) is 27.0 Å². The Morgan fingerprint density at radius 2 is 1.77 bits per heavy atom. The Hall–Kier alpha value is -3.58. The second-order valence-electron chi connectivity index (χ2n) is 5.83. The molecule has 0 fully saturated rings. The Morgan fingerprint density at radius 3 is 2.42 bits per heavy atom. The number of nitrogens with zero attached hydrogens (tertiary/aromatic N) is 1. The molecular formula is C22H18N2O2. The van der Waals surface area contributed by atoms with Gasteiger partial charge in [0.2, 0.25) is 0 Å². The van der Waals surface area contributed by atoms with E-state index in [0.29, 0.717) is 23.2 Å². The Kier molecular flexibility index (Phi) is 5.31. The van der Waals surface area contributed by atoms with Gasteiger partial charge >= 0.3 is 0 Å². The van der Waals surface area contributed by atoms with Crippen LogP contribution in [0.4, 0.5) is 5.69 Å². The van der Waals surface area contributed by atoms with Gasteiger partial charge in [-0.05, 0) is 48.0 Å². The van der Waals surface area contributed by atoms with Crippen LogP contribution < -0.4 is 10.1 Å². The van der Waals surface area contributed by atoms with Crippen molar-refractivity contribution < 1.29 is 9.53 Å². The molecular weight excluding hydrogens is 324 g/mol. The van der Waals surface area contributed by atoms with Crippen molar-refractivity contribution in [3.8, 4) is 11.8 Å². The molecule has 0 unspecified atom stereocenters. The summed E-state index contributed by atoms with van der Waals surface area (Å²) in [4.78, 5) is 12.4. The van der Waals surface area contributed by atoms with Crippen LogP contribution in [0.15, 0.2) is 72.8 Å². The van der Waals surface area contributed by atoms with Gasteiger partial charge in [0, 0.05) is 23.2 Å². The van der Waals surface area contributed by atoms with Gasteiger partial charge in [0.1, 0.15) is 5.75 Å². The van der Waals surface area contributed by atoms with E-state index in [2.05, 4.69) is 17.4 Å². The molecule has 3 rings (SSSR count). The van der Waals surface area contributed by atoms with Crippen molar-refractivity contribution in [2.24, 2.45) is 0 Å². The van der Waals surface area contributed by atoms with Crippen molar-refractivity contribution in [2.75, 3.05) is 12.4 Å². The number of hydrogen-bond acceptors (Lipinski definition) is 3. The lowest BCUT2D eigenvalue weighted by atomic mass is 10.0. The van der Waals surface area contributed by atoms with Crippen LogP contribution in [0.25, 0.3) is 0 Å². The van der Waals surface area contributed by atoms with Crippen LogP contribution in [0.5, 0.6) is 5.75 Å². The summed E-state index contributed by atoms with van der Waals surface area (Å²) in [7, 11) is 1.64. The monoisotopic (exact) mass is 342 g/mol. The predicted octanol–water partition coefficient (Wildman–Crippen LogP) is 4.41. The molecule has 0 radical (unpaired) electrons. The molecule has 0 aliphatic rings. The Balaban J connectivity index is 1.80. The van der Waals surface area contributed by atoms with E-state index in [1.807, 2.05) is 42.5 Å². The van der Waals surface area contributed by atoms with Crippen LogP contribution in [-0.2, 0) is 6.42 Å². The molecule has 4 heteroatoms. The molecule has 0 aliphatic heterocycles. The minimum absolute atomic E-state index is 0.217. The smallest absolute Gasteiger partial charge is 0.255 e. The minimum Gasteiger partial charge on any atom is -0.496 e. The van der Waals surface area contributed by atoms with Crippen LogP contribution in [0.3, 0.4) is 0 Å². The summed E-state index contributed by atoms with van der Waals surface area (Å²) in [6.07, 6.45) is 0.713. The molecule has 0 saturated heterocycles. The van der Waals surface area contributed by atoms with Crippen LogP contribution in [0.2, 0.25) is 0 Å². The Morgan fingerprint density at radius 1 is 1.04 bits per heavy atom. The van der Waals surface area contributed by atoms with Crippen LogP contribution in [0, 0.1) is 11.3 Å². The highest BCUT2D eigenvalue weighted by molar-refractivity contribution is 6.04. The lowest BCUT2D eigenvalue weighted by molar-refractivity contribution is 0.102. The van der Waals surface area contributed by atoms with Gasteiger partial charge in [0.25, 0.3) is 5.91 Å². The normalized spacial score (nSPS) is 10.0. The number of nitrogens with one attached hydrogen (secondary N) is 1. The fraction of sp³-hybridized carbons (Fsp3) is 0.0909. The topological polar surface area (TPSA) is 62.1 Å². The maximum absolute atomic E-state index is 12.4. The first-order chi connectivity index (χ1) is 12.7. The van der Waals surface area contributed by atoms with E-state index in [-0.39, 0.29) is 5.91 Å². The molecule has 0 spiro atoms. The molecule has 128 valence electrons. The van der Waals surface area contributed by atoms with Crippen molar-refractivity contribution in [3.05, 3.63) is 95.1 Å². The van der Waals surface area contributed by atoms with E-state index in [1.165, 1.54) is 5.56 Å². The summed E-state index contributed by atoms with van der Waals surface area (Å²) >= 11 is 0. The first-order valence-electron chi connectivity index (χ1n) is 8.22. The number of amides is 1. The number of hydrogen-bond donors (Lipinski definition) is 1. The quantitative estimate of drug-likeness (QED) is 0.747. The highest BCUT2D eigenvalue weighted by Gasteiger charge is 2.10. The number of methoxy groups -OCH3 is 1. The molecule has 0 heterocycles. The number of ether oxygens (including phenoxy) is 1. The lowest BCUT2D eigenvalue weighted by Gasteiger charge is -2.12. The summed E-state index contributed by atoms with van der Waals surface area (Å²) < 4.78 is 5.44. The van der Waals surface area contributed by atoms with Crippen molar-refractivity contribution in [1.29, 1.82) is 5.26 Å². The molecule has 0 aromatic heterocycles. The fourth-order valence-corrected chi connectivity index (χ4v) is 2.71. The van der Waals surface area contributed by atoms with Gasteiger partial charge < -0.3 is 10.1 Å². The van der Waals surface area contributed by atoms with E-state index < -0.39 is 0 Å². The summed E-state index contributed by atoms with van der Waals surface area (Å²) in [6, 6.07) is 24.3. The van der Waals surface area contributed by atoms with Crippen molar-refractivity contribution in [3.63, 3.8) is 0 Å². The number of carbonyl (C=O) groups is 1. The number of benzene rings is 3. The van der Waals surface area contributed by atoms with Gasteiger partial charge in [0.05, 0.1) is 18.7 Å². The number of nitriles is 1. The van der Waals surface area contributed by atoms with E-state index in [1.54, 1.807) is 31.4 Å². The van der Waals surface area contributed by atoms with Crippen LogP contribution in [-0.4, -0.2) is 13.0 Å². The first-order valence-corrected chi connectivity index (χ1v) is 8.22. The second-order valence-corrected chi connectivity index (χ2v) is 5.83. The Labute approximate surface area is 152 Å². The average Bonchev–Trinajstić information content (AvgIpc) is 2.69. The minimum atomic E-state index is -0.217. The zero-order valence-electron chi connectivity index (χ0n) is 14.4. The summed E-state index contributed by atoms with van der Waals surface area (Å²) in [5.74, 6) is 0.565. The van der Waals surface area contributed by atoms with Crippen molar-refractivity contribution in [1.82, 2.24) is 0 Å². The third-order valence-electron chi connectivity index (χ3n) is 4.05. The molecule has 1 amide bonds. The number of carbonyl (C=O) groups excluding carboxylic acids is 1. The highest BCUT2D eigenvalue weighted by Crippen LogP contribution is 2.25. The zero-order valence-corrected chi connectivity index (χ0v) is 14.4. The highest BCUT2D eigenvalue weighted by atomic mass is 16.5. The maximum Gasteiger partial charge on any atom is 0.255 e. The molecule has 4 nitrogen and oxygen atoms in total. The van der Waals surface area contributed by atoms with Gasteiger partial charge in [-0.15, -0.1) is 0 Å². The molecule has 0 bridgehead atoms. The van der Waals surface area contributed by atoms with Gasteiger partial charge in [-0.25, -0.2) is 0 Å². The molecule has 0 atom stereocenters. The first kappa shape index (κ1) is 17.2. The van der Waals surface area contributed by atoms with Crippen LogP contribution >= 0.6 is 0 Å². The van der Waals surface area contributed by atoms with Gasteiger partial charge in [-0.3, -0.25) is 4.79 Å². The SMILES string of the molecule is COc1ccc(NC(=O)c2ccc(C#N)cc2)cc1Cc1ccccc1. The zero-order chi connectivity index (χ0) is 18.4. The fourth-order valence-electron chi connectivity index (χ4n) is 2.71. The largest absolute Gasteiger partial charge is 0.496 e. The molecule has 0 saturated carbocycles. The Bertz CT molecular complexity index is 942. The second kappa shape index (κ2) is 8.00. The molecule has 3 aromatic rings. The summed E-state index contributed by atoms with van der Waals surface area (Å²) in [5, 5.41) is 11.7. The van der Waals surface area contributed by atoms with Gasteiger partial charge in [-0.2, -0.15) is 5.26 Å². The van der Waals surface area contributed by atoms with E-state index in [0.717, 1.165) is 11.3 Å². The number of rotatable bonds is 5. The molecule has 0 aliphatic carbocycles. The van der Waals surface area contributed by atoms with E-state index in [4.69, 9.17) is 10.00 Å². The average molecular weight is 342 g/mol. The summed E-state index contributed by atoms with van der Waals surface area (Å²) in [5.41, 5.74) is 3.89. The molecule has 26 heavy (non-hydrogen) atoms. The third kappa shape index (κ3) is 4.08. The standard InChI is InChI=1S/C22H18N2O2/c1-26-21-12-11-20(14-19(21)13-16-5-3-2-4-6-16)24-22(25)18-9-7-17(15-23)8-10-18/h2-12,14H,13H2,1H3,(H,24,25). The van der Waals surface area contributed by atoms with Crippen molar-refractivity contribution in [2.45, 2.75) is 6.42 Å². The lowest BCUT2D eigenvalue weighted by Crippen LogP contribution is -2.12. The van der Waals surface area contributed by atoms with Gasteiger partial charge in [-0.1, -0.05) is 30.3 Å². The molecule has 3 aromatic carbocycles. The van der Waals surface area contributed by atoms with Gasteiger partial charge in [0.15, 0.2) is 0 Å².